The predicted octanol–water partition coefficient (Wildman–Crippen LogP) is 6.43. The van der Waals surface area contributed by atoms with Crippen molar-refractivity contribution in [3.8, 4) is 0 Å². The average Bonchev–Trinajstić information content (AvgIpc) is 2.44. The lowest BCUT2D eigenvalue weighted by Crippen LogP contribution is -2.31. The molecule has 1 fully saturated rings. The molecule has 0 radical (unpaired) electrons. The number of rotatable bonds is 5. The summed E-state index contributed by atoms with van der Waals surface area (Å²) in [6.07, 6.45) is 4.06. The van der Waals surface area contributed by atoms with Crippen molar-refractivity contribution in [2.45, 2.75) is 30.3 Å². The molecule has 2 rings (SSSR count). The second kappa shape index (κ2) is 7.83. The molecule has 0 atom stereocenters. The summed E-state index contributed by atoms with van der Waals surface area (Å²) < 4.78 is 0.0607. The number of nitrogens with one attached hydrogen (secondary N) is 1. The number of hydrogen-bond acceptors (Lipinski definition) is 3. The highest BCUT2D eigenvalue weighted by molar-refractivity contribution is 8.18. The zero-order valence-corrected chi connectivity index (χ0v) is 15.7. The third-order valence-corrected chi connectivity index (χ3v) is 8.30. The van der Waals surface area contributed by atoms with Crippen molar-refractivity contribution in [3.05, 3.63) is 32.8 Å². The fraction of sp³-hybridized carbons (Fsp3) is 0.533. The van der Waals surface area contributed by atoms with Gasteiger partial charge < -0.3 is 5.41 Å². The minimum Gasteiger partial charge on any atom is -0.313 e. The van der Waals surface area contributed by atoms with Gasteiger partial charge in [0.05, 0.1) is 4.08 Å². The minimum atomic E-state index is 0.0607. The first-order valence-electron chi connectivity index (χ1n) is 6.86. The van der Waals surface area contributed by atoms with Gasteiger partial charge in [-0.3, -0.25) is 0 Å². The average molecular weight is 383 g/mol. The molecule has 0 aliphatic carbocycles. The van der Waals surface area contributed by atoms with Gasteiger partial charge in [0, 0.05) is 15.1 Å². The Morgan fingerprint density at radius 1 is 1.24 bits per heavy atom. The van der Waals surface area contributed by atoms with Crippen molar-refractivity contribution < 1.29 is 0 Å². The highest BCUT2D eigenvalue weighted by Crippen LogP contribution is 2.50. The second-order valence-corrected chi connectivity index (χ2v) is 9.72. The van der Waals surface area contributed by atoms with Gasteiger partial charge in [0.1, 0.15) is 0 Å². The Kier molecular flexibility index (Phi) is 6.64. The summed E-state index contributed by atoms with van der Waals surface area (Å²) in [5.74, 6) is 3.02. The number of benzene rings is 1. The maximum Gasteiger partial charge on any atom is 0.0656 e. The zero-order valence-electron chi connectivity index (χ0n) is 11.8. The molecule has 0 bridgehead atoms. The first-order chi connectivity index (χ1) is 9.96. The maximum atomic E-state index is 7.33. The predicted molar refractivity (Wildman–Crippen MR) is 100 cm³/mol. The summed E-state index contributed by atoms with van der Waals surface area (Å²) >= 11 is 22.7. The summed E-state index contributed by atoms with van der Waals surface area (Å²) in [6.45, 7) is 2.28. The fourth-order valence-corrected chi connectivity index (χ4v) is 6.59. The van der Waals surface area contributed by atoms with Crippen LogP contribution in [-0.2, 0) is 6.42 Å². The van der Waals surface area contributed by atoms with E-state index in [2.05, 4.69) is 6.92 Å². The topological polar surface area (TPSA) is 23.9 Å². The smallest absolute Gasteiger partial charge is 0.0656 e. The van der Waals surface area contributed by atoms with Gasteiger partial charge in [-0.2, -0.15) is 0 Å². The third-order valence-electron chi connectivity index (χ3n) is 3.48. The Labute approximate surface area is 150 Å². The number of hydrogen-bond donors (Lipinski definition) is 1. The molecular weight excluding hydrogens is 365 g/mol. The SMILES string of the molecule is CC1CSC(CCC=N)(Cc2c(Cl)cc(Cl)cc2Cl)SC1. The van der Waals surface area contributed by atoms with Crippen molar-refractivity contribution in [2.75, 3.05) is 11.5 Å². The Bertz CT molecular complexity index is 491. The molecule has 6 heteroatoms. The molecule has 21 heavy (non-hydrogen) atoms. The summed E-state index contributed by atoms with van der Waals surface area (Å²) in [5, 5.41) is 9.18. The standard InChI is InChI=1S/C15H18Cl3NS2/c1-10-8-20-15(21-9-10,3-2-4-19)7-12-13(17)5-11(16)6-14(12)18/h4-6,10,19H,2-3,7-9H2,1H3. The third kappa shape index (κ3) is 4.71. The van der Waals surface area contributed by atoms with E-state index in [0.717, 1.165) is 42.2 Å². The Morgan fingerprint density at radius 3 is 2.33 bits per heavy atom. The van der Waals surface area contributed by atoms with Gasteiger partial charge in [0.15, 0.2) is 0 Å². The molecular formula is C15H18Cl3NS2. The molecule has 0 aromatic heterocycles. The molecule has 1 aliphatic heterocycles. The molecule has 0 saturated carbocycles. The summed E-state index contributed by atoms with van der Waals surface area (Å²) in [7, 11) is 0. The van der Waals surface area contributed by atoms with E-state index in [1.54, 1.807) is 12.1 Å². The molecule has 116 valence electrons. The molecule has 1 N–H and O–H groups in total. The maximum absolute atomic E-state index is 7.33. The summed E-state index contributed by atoms with van der Waals surface area (Å²) in [4.78, 5) is 0. The van der Waals surface area contributed by atoms with Crippen LogP contribution in [0.1, 0.15) is 25.3 Å². The van der Waals surface area contributed by atoms with Gasteiger partial charge in [-0.05, 0) is 60.6 Å². The second-order valence-electron chi connectivity index (χ2n) is 5.41. The van der Waals surface area contributed by atoms with Crippen LogP contribution in [0.3, 0.4) is 0 Å². The molecule has 1 heterocycles. The van der Waals surface area contributed by atoms with Crippen molar-refractivity contribution >= 4 is 64.5 Å². The van der Waals surface area contributed by atoms with Crippen molar-refractivity contribution in [2.24, 2.45) is 5.92 Å². The van der Waals surface area contributed by atoms with Gasteiger partial charge in [0.25, 0.3) is 0 Å². The molecule has 1 aliphatic rings. The van der Waals surface area contributed by atoms with E-state index in [0.29, 0.717) is 15.1 Å². The zero-order chi connectivity index (χ0) is 15.5. The first kappa shape index (κ1) is 17.8. The van der Waals surface area contributed by atoms with E-state index >= 15 is 0 Å². The molecule has 0 unspecified atom stereocenters. The van der Waals surface area contributed by atoms with E-state index in [-0.39, 0.29) is 4.08 Å². The lowest BCUT2D eigenvalue weighted by Gasteiger charge is -2.38. The largest absolute Gasteiger partial charge is 0.313 e. The van der Waals surface area contributed by atoms with Crippen LogP contribution >= 0.6 is 58.3 Å². The molecule has 1 aromatic rings. The Hall–Kier alpha value is 0.460. The molecule has 0 spiro atoms. The quantitative estimate of drug-likeness (QED) is 0.593. The molecule has 1 aromatic carbocycles. The Balaban J connectivity index is 2.25. The van der Waals surface area contributed by atoms with Crippen molar-refractivity contribution in [1.82, 2.24) is 0 Å². The van der Waals surface area contributed by atoms with Crippen LogP contribution in [-0.4, -0.2) is 21.8 Å². The number of halogens is 3. The molecule has 1 saturated heterocycles. The number of thioether (sulfide) groups is 2. The minimum absolute atomic E-state index is 0.0607. The van der Waals surface area contributed by atoms with E-state index in [1.165, 1.54) is 6.21 Å². The van der Waals surface area contributed by atoms with E-state index < -0.39 is 0 Å². The van der Waals surface area contributed by atoms with Crippen LogP contribution < -0.4 is 0 Å². The van der Waals surface area contributed by atoms with Crippen molar-refractivity contribution in [1.29, 1.82) is 5.41 Å². The summed E-state index contributed by atoms with van der Waals surface area (Å²) in [5.41, 5.74) is 0.974. The van der Waals surface area contributed by atoms with Crippen LogP contribution in [0.15, 0.2) is 12.1 Å². The fourth-order valence-electron chi connectivity index (χ4n) is 2.32. The molecule has 0 amide bonds. The van der Waals surface area contributed by atoms with Crippen molar-refractivity contribution in [3.63, 3.8) is 0 Å². The normalized spacial score (nSPS) is 25.8. The van der Waals surface area contributed by atoms with E-state index in [4.69, 9.17) is 40.2 Å². The van der Waals surface area contributed by atoms with Crippen LogP contribution in [0.5, 0.6) is 0 Å². The van der Waals surface area contributed by atoms with Gasteiger partial charge >= 0.3 is 0 Å². The summed E-state index contributed by atoms with van der Waals surface area (Å²) in [6, 6.07) is 3.52. The monoisotopic (exact) mass is 381 g/mol. The van der Waals surface area contributed by atoms with Crippen LogP contribution in [0.25, 0.3) is 0 Å². The first-order valence-corrected chi connectivity index (χ1v) is 9.96. The van der Waals surface area contributed by atoms with Gasteiger partial charge in [0.2, 0.25) is 0 Å². The van der Waals surface area contributed by atoms with Gasteiger partial charge in [-0.25, -0.2) is 0 Å². The van der Waals surface area contributed by atoms with Crippen LogP contribution in [0, 0.1) is 11.3 Å². The van der Waals surface area contributed by atoms with Gasteiger partial charge in [-0.1, -0.05) is 41.7 Å². The van der Waals surface area contributed by atoms with Gasteiger partial charge in [-0.15, -0.1) is 23.5 Å². The van der Waals surface area contributed by atoms with E-state index in [1.807, 2.05) is 23.5 Å². The van der Waals surface area contributed by atoms with Crippen LogP contribution in [0.4, 0.5) is 0 Å². The lowest BCUT2D eigenvalue weighted by atomic mass is 10.1. The highest BCUT2D eigenvalue weighted by Gasteiger charge is 2.36. The Morgan fingerprint density at radius 2 is 1.81 bits per heavy atom. The molecule has 1 nitrogen and oxygen atoms in total. The van der Waals surface area contributed by atoms with E-state index in [9.17, 15) is 0 Å². The van der Waals surface area contributed by atoms with Crippen LogP contribution in [0.2, 0.25) is 15.1 Å². The lowest BCUT2D eigenvalue weighted by molar-refractivity contribution is 0.687. The highest BCUT2D eigenvalue weighted by atomic mass is 35.5.